The molecule has 0 saturated heterocycles. The van der Waals surface area contributed by atoms with Crippen molar-refractivity contribution in [3.05, 3.63) is 71.0 Å². The quantitative estimate of drug-likeness (QED) is 0.434. The first kappa shape index (κ1) is 28.6. The second kappa shape index (κ2) is 11.5. The molecule has 1 aliphatic heterocycles. The van der Waals surface area contributed by atoms with Gasteiger partial charge in [-0.3, -0.25) is 4.90 Å². The minimum Gasteiger partial charge on any atom is -0.444 e. The van der Waals surface area contributed by atoms with E-state index < -0.39 is 11.7 Å². The summed E-state index contributed by atoms with van der Waals surface area (Å²) >= 11 is 0. The highest BCUT2D eigenvalue weighted by Gasteiger charge is 2.52. The number of fused-ring (bicyclic) bond motifs is 3. The van der Waals surface area contributed by atoms with Crippen LogP contribution in [0.4, 0.5) is 14.0 Å². The zero-order chi connectivity index (χ0) is 29.3. The van der Waals surface area contributed by atoms with Crippen LogP contribution >= 0.6 is 0 Å². The van der Waals surface area contributed by atoms with Crippen LogP contribution < -0.4 is 0 Å². The lowest BCUT2D eigenvalue weighted by Crippen LogP contribution is -2.63. The fourth-order valence-corrected chi connectivity index (χ4v) is 6.84. The van der Waals surface area contributed by atoms with E-state index in [1.54, 1.807) is 17.0 Å². The fourth-order valence-electron chi connectivity index (χ4n) is 6.84. The lowest BCUT2D eigenvalue weighted by atomic mass is 9.59. The molecule has 4 aliphatic rings. The third-order valence-electron chi connectivity index (χ3n) is 8.69. The van der Waals surface area contributed by atoms with Gasteiger partial charge in [0.1, 0.15) is 11.4 Å². The minimum atomic E-state index is -0.647. The van der Waals surface area contributed by atoms with Gasteiger partial charge < -0.3 is 14.5 Å². The van der Waals surface area contributed by atoms with Crippen LogP contribution in [0.5, 0.6) is 0 Å². The van der Waals surface area contributed by atoms with Crippen LogP contribution in [-0.2, 0) is 11.2 Å². The Hall–Kier alpha value is -3.97. The van der Waals surface area contributed by atoms with Gasteiger partial charge in [0.2, 0.25) is 0 Å². The number of hydrogen-bond acceptors (Lipinski definition) is 3. The molecule has 0 radical (unpaired) electrons. The molecule has 2 bridgehead atoms. The van der Waals surface area contributed by atoms with E-state index in [1.807, 2.05) is 48.8 Å². The summed E-state index contributed by atoms with van der Waals surface area (Å²) in [6, 6.07) is 13.7. The molecule has 6 nitrogen and oxygen atoms in total. The molecule has 3 fully saturated rings. The summed E-state index contributed by atoms with van der Waals surface area (Å²) in [5.41, 5.74) is 2.42. The van der Waals surface area contributed by atoms with Gasteiger partial charge in [0.15, 0.2) is 0 Å². The Balaban J connectivity index is 1.45. The molecule has 3 aliphatic carbocycles. The number of carbonyl (C=O) groups excluding carboxylic acids is 2. The van der Waals surface area contributed by atoms with Crippen molar-refractivity contribution in [2.45, 2.75) is 70.2 Å². The third kappa shape index (κ3) is 5.77. The van der Waals surface area contributed by atoms with Gasteiger partial charge in [-0.25, -0.2) is 14.0 Å². The molecule has 3 atom stereocenters. The lowest BCUT2D eigenvalue weighted by Gasteiger charge is -2.56. The Morgan fingerprint density at radius 3 is 2.20 bits per heavy atom. The molecule has 41 heavy (non-hydrogen) atoms. The predicted octanol–water partition coefficient (Wildman–Crippen LogP) is 5.87. The molecule has 3 saturated carbocycles. The number of rotatable bonds is 5. The SMILES string of the molecule is C#CCN(C(=O)N1CCc2ccccc2[C@@H]1c1ccc(F)cc1)[C@@H]1C[C@H](N(CC#C)C(=O)OC(C)(C)C)C2CC1C2. The lowest BCUT2D eigenvalue weighted by molar-refractivity contribution is -0.0552. The van der Waals surface area contributed by atoms with Crippen LogP contribution in [0, 0.1) is 42.3 Å². The van der Waals surface area contributed by atoms with Crippen molar-refractivity contribution in [1.29, 1.82) is 0 Å². The highest BCUT2D eigenvalue weighted by molar-refractivity contribution is 5.77. The molecular formula is C34H38FN3O3. The molecule has 7 heteroatoms. The molecule has 2 aromatic rings. The van der Waals surface area contributed by atoms with Crippen LogP contribution in [0.1, 0.15) is 62.8 Å². The van der Waals surface area contributed by atoms with E-state index in [1.165, 1.54) is 17.7 Å². The summed E-state index contributed by atoms with van der Waals surface area (Å²) in [5.74, 6) is 5.65. The summed E-state index contributed by atoms with van der Waals surface area (Å²) in [6.07, 6.45) is 14.2. The number of benzene rings is 2. The van der Waals surface area contributed by atoms with Gasteiger partial charge in [-0.15, -0.1) is 12.8 Å². The average molecular weight is 556 g/mol. The Morgan fingerprint density at radius 1 is 0.951 bits per heavy atom. The van der Waals surface area contributed by atoms with Crippen LogP contribution in [0.15, 0.2) is 48.5 Å². The van der Waals surface area contributed by atoms with Crippen molar-refractivity contribution < 1.29 is 18.7 Å². The van der Waals surface area contributed by atoms with E-state index in [4.69, 9.17) is 17.6 Å². The Morgan fingerprint density at radius 2 is 1.56 bits per heavy atom. The van der Waals surface area contributed by atoms with Crippen molar-refractivity contribution >= 4 is 12.1 Å². The molecule has 0 unspecified atom stereocenters. The number of carbonyl (C=O) groups is 2. The van der Waals surface area contributed by atoms with Crippen LogP contribution in [-0.4, -0.2) is 64.1 Å². The molecule has 6 rings (SSSR count). The summed E-state index contributed by atoms with van der Waals surface area (Å²) in [7, 11) is 0. The van der Waals surface area contributed by atoms with Crippen LogP contribution in [0.2, 0.25) is 0 Å². The van der Waals surface area contributed by atoms with Crippen molar-refractivity contribution in [2.75, 3.05) is 19.6 Å². The van der Waals surface area contributed by atoms with E-state index in [0.29, 0.717) is 24.8 Å². The molecular weight excluding hydrogens is 517 g/mol. The number of halogens is 1. The number of terminal acetylenes is 2. The first-order chi connectivity index (χ1) is 19.6. The Labute approximate surface area is 242 Å². The van der Waals surface area contributed by atoms with Gasteiger partial charge >= 0.3 is 12.1 Å². The van der Waals surface area contributed by atoms with Gasteiger partial charge in [-0.05, 0) is 87.1 Å². The van der Waals surface area contributed by atoms with Crippen molar-refractivity contribution in [2.24, 2.45) is 11.8 Å². The second-order valence-corrected chi connectivity index (χ2v) is 12.4. The first-order valence-corrected chi connectivity index (χ1v) is 14.4. The molecule has 0 N–H and O–H groups in total. The van der Waals surface area contributed by atoms with Crippen LogP contribution in [0.25, 0.3) is 0 Å². The van der Waals surface area contributed by atoms with E-state index in [-0.39, 0.29) is 43.1 Å². The topological polar surface area (TPSA) is 53.1 Å². The van der Waals surface area contributed by atoms with Gasteiger partial charge in [-0.2, -0.15) is 0 Å². The van der Waals surface area contributed by atoms with Crippen LogP contribution in [0.3, 0.4) is 0 Å². The molecule has 3 amide bonds. The Bertz CT molecular complexity index is 1360. The normalized spacial score (nSPS) is 24.6. The van der Waals surface area contributed by atoms with Gasteiger partial charge in [0, 0.05) is 18.6 Å². The van der Waals surface area contributed by atoms with Gasteiger partial charge in [0.25, 0.3) is 0 Å². The Kier molecular flexibility index (Phi) is 8.00. The maximum atomic E-state index is 14.5. The zero-order valence-electron chi connectivity index (χ0n) is 24.1. The number of urea groups is 1. The molecule has 2 aromatic carbocycles. The summed E-state index contributed by atoms with van der Waals surface area (Å²) in [6.45, 7) is 6.33. The average Bonchev–Trinajstić information content (AvgIpc) is 2.92. The van der Waals surface area contributed by atoms with E-state index in [0.717, 1.165) is 30.4 Å². The van der Waals surface area contributed by atoms with E-state index in [2.05, 4.69) is 17.9 Å². The highest BCUT2D eigenvalue weighted by Crippen LogP contribution is 2.50. The van der Waals surface area contributed by atoms with E-state index >= 15 is 0 Å². The van der Waals surface area contributed by atoms with Gasteiger partial charge in [-0.1, -0.05) is 48.2 Å². The zero-order valence-corrected chi connectivity index (χ0v) is 24.1. The van der Waals surface area contributed by atoms with Gasteiger partial charge in [0.05, 0.1) is 19.1 Å². The summed E-state index contributed by atoms with van der Waals surface area (Å²) < 4.78 is 19.6. The van der Waals surface area contributed by atoms with Crippen molar-refractivity contribution in [3.8, 4) is 24.7 Å². The summed E-state index contributed by atoms with van der Waals surface area (Å²) in [5, 5.41) is 0. The second-order valence-electron chi connectivity index (χ2n) is 12.4. The van der Waals surface area contributed by atoms with E-state index in [9.17, 15) is 14.0 Å². The van der Waals surface area contributed by atoms with Crippen molar-refractivity contribution in [1.82, 2.24) is 14.7 Å². The maximum absolute atomic E-state index is 14.5. The number of amides is 3. The highest BCUT2D eigenvalue weighted by atomic mass is 19.1. The largest absolute Gasteiger partial charge is 0.444 e. The maximum Gasteiger partial charge on any atom is 0.411 e. The number of nitrogens with zero attached hydrogens (tertiary/aromatic N) is 3. The number of hydrogen-bond donors (Lipinski definition) is 0. The first-order valence-electron chi connectivity index (χ1n) is 14.4. The smallest absolute Gasteiger partial charge is 0.411 e. The third-order valence-corrected chi connectivity index (χ3v) is 8.69. The summed E-state index contributed by atoms with van der Waals surface area (Å²) in [4.78, 5) is 33.0. The standard InChI is InChI=1S/C34H38FN3O3/c1-6-17-36(29-22-30(26-20-25(29)21-26)37(18-7-2)33(40)41-34(3,4)5)32(39)38-19-16-23-10-8-9-11-28(23)31(38)24-12-14-27(35)15-13-24/h1-2,8-15,25-26,29-31H,16-22H2,3-5H3/t25?,26?,29-,30+,31+/m1/s1. The fraction of sp³-hybridized carbons (Fsp3) is 0.471. The monoisotopic (exact) mass is 555 g/mol. The predicted molar refractivity (Wildman–Crippen MR) is 156 cm³/mol. The molecule has 1 heterocycles. The molecule has 0 spiro atoms. The molecule has 214 valence electrons. The minimum absolute atomic E-state index is 0.137. The molecule has 0 aromatic heterocycles. The van der Waals surface area contributed by atoms with Crippen molar-refractivity contribution in [3.63, 3.8) is 0 Å². The number of ether oxygens (including phenoxy) is 1.